The number of halogens is 1. The van der Waals surface area contributed by atoms with Crippen molar-refractivity contribution in [2.75, 3.05) is 6.54 Å². The molecule has 1 heterocycles. The molecule has 2 rings (SSSR count). The zero-order valence-corrected chi connectivity index (χ0v) is 13.6. The van der Waals surface area contributed by atoms with Gasteiger partial charge >= 0.3 is 0 Å². The molecule has 1 saturated heterocycles. The zero-order valence-electron chi connectivity index (χ0n) is 11.2. The van der Waals surface area contributed by atoms with E-state index >= 15 is 0 Å². The number of nitrogens with two attached hydrogens (primary N) is 1. The summed E-state index contributed by atoms with van der Waals surface area (Å²) in [7, 11) is -3.81. The molecule has 0 aliphatic carbocycles. The van der Waals surface area contributed by atoms with Crippen molar-refractivity contribution in [1.29, 1.82) is 0 Å². The molecule has 1 aliphatic heterocycles. The van der Waals surface area contributed by atoms with Gasteiger partial charge in [0.1, 0.15) is 0 Å². The summed E-state index contributed by atoms with van der Waals surface area (Å²) >= 11 is 3.30. The molecule has 7 heteroatoms. The average Bonchev–Trinajstić information content (AvgIpc) is 2.37. The number of primary sulfonamides is 1. The third kappa shape index (κ3) is 3.21. The monoisotopic (exact) mass is 360 g/mol. The van der Waals surface area contributed by atoms with Gasteiger partial charge < -0.3 is 4.90 Å². The molecule has 0 saturated carbocycles. The highest BCUT2D eigenvalue weighted by Gasteiger charge is 2.26. The lowest BCUT2D eigenvalue weighted by molar-refractivity contribution is 0.0634. The maximum Gasteiger partial charge on any atom is 0.255 e. The van der Waals surface area contributed by atoms with Crippen LogP contribution >= 0.6 is 15.9 Å². The van der Waals surface area contributed by atoms with E-state index in [9.17, 15) is 13.2 Å². The van der Waals surface area contributed by atoms with Gasteiger partial charge in [0.15, 0.2) is 0 Å². The number of nitrogens with zero attached hydrogens (tertiary/aromatic N) is 1. The van der Waals surface area contributed by atoms with Crippen LogP contribution in [0.15, 0.2) is 27.6 Å². The molecule has 1 atom stereocenters. The van der Waals surface area contributed by atoms with E-state index in [4.69, 9.17) is 5.14 Å². The lowest BCUT2D eigenvalue weighted by Crippen LogP contribution is -2.42. The standard InChI is InChI=1S/C13H17BrN2O3S/c1-9-4-2-3-7-16(9)13(17)11-8-10(20(15,18)19)5-6-12(11)14/h5-6,8-9H,2-4,7H2,1H3,(H2,15,18,19)/t9-/m0/s1. The topological polar surface area (TPSA) is 80.5 Å². The molecular weight excluding hydrogens is 344 g/mol. The van der Waals surface area contributed by atoms with Gasteiger partial charge in [-0.05, 0) is 60.3 Å². The van der Waals surface area contributed by atoms with Gasteiger partial charge in [0.05, 0.1) is 10.5 Å². The molecule has 1 aliphatic rings. The Balaban J connectivity index is 2.38. The molecule has 1 fully saturated rings. The van der Waals surface area contributed by atoms with E-state index in [1.165, 1.54) is 12.1 Å². The maximum atomic E-state index is 12.6. The second kappa shape index (κ2) is 5.83. The van der Waals surface area contributed by atoms with Gasteiger partial charge in [0.2, 0.25) is 10.0 Å². The third-order valence-corrected chi connectivity index (χ3v) is 5.16. The highest BCUT2D eigenvalue weighted by Crippen LogP contribution is 2.25. The van der Waals surface area contributed by atoms with Gasteiger partial charge in [-0.2, -0.15) is 0 Å². The fourth-order valence-electron chi connectivity index (χ4n) is 2.40. The number of piperidine rings is 1. The van der Waals surface area contributed by atoms with Gasteiger partial charge in [-0.1, -0.05) is 0 Å². The van der Waals surface area contributed by atoms with E-state index in [0.717, 1.165) is 19.3 Å². The molecule has 0 unspecified atom stereocenters. The summed E-state index contributed by atoms with van der Waals surface area (Å²) in [6, 6.07) is 4.43. The number of rotatable bonds is 2. The van der Waals surface area contributed by atoms with Crippen LogP contribution < -0.4 is 5.14 Å². The third-order valence-electron chi connectivity index (χ3n) is 3.56. The van der Waals surface area contributed by atoms with Crippen molar-refractivity contribution < 1.29 is 13.2 Å². The molecule has 1 amide bonds. The Morgan fingerprint density at radius 1 is 1.40 bits per heavy atom. The first-order valence-electron chi connectivity index (χ1n) is 6.44. The van der Waals surface area contributed by atoms with Crippen molar-refractivity contribution in [2.45, 2.75) is 37.1 Å². The van der Waals surface area contributed by atoms with Crippen LogP contribution in [0, 0.1) is 0 Å². The summed E-state index contributed by atoms with van der Waals surface area (Å²) in [5, 5.41) is 5.11. The lowest BCUT2D eigenvalue weighted by atomic mass is 10.0. The van der Waals surface area contributed by atoms with E-state index in [0.29, 0.717) is 16.6 Å². The first kappa shape index (κ1) is 15.5. The molecule has 110 valence electrons. The predicted molar refractivity (Wildman–Crippen MR) is 79.9 cm³/mol. The number of carbonyl (C=O) groups is 1. The largest absolute Gasteiger partial charge is 0.336 e. The van der Waals surface area contributed by atoms with Crippen molar-refractivity contribution in [3.63, 3.8) is 0 Å². The Morgan fingerprint density at radius 2 is 2.10 bits per heavy atom. The average molecular weight is 361 g/mol. The van der Waals surface area contributed by atoms with Gasteiger partial charge in [-0.25, -0.2) is 13.6 Å². The summed E-state index contributed by atoms with van der Waals surface area (Å²) in [6.45, 7) is 2.71. The Hall–Kier alpha value is -0.920. The van der Waals surface area contributed by atoms with Gasteiger partial charge in [-0.3, -0.25) is 4.79 Å². The van der Waals surface area contributed by atoms with E-state index in [1.54, 1.807) is 11.0 Å². The highest BCUT2D eigenvalue weighted by atomic mass is 79.9. The number of likely N-dealkylation sites (tertiary alicyclic amines) is 1. The van der Waals surface area contributed by atoms with Crippen LogP contribution in [0.3, 0.4) is 0 Å². The molecule has 0 aromatic heterocycles. The van der Waals surface area contributed by atoms with Crippen molar-refractivity contribution in [3.05, 3.63) is 28.2 Å². The molecule has 0 spiro atoms. The number of sulfonamides is 1. The summed E-state index contributed by atoms with van der Waals surface area (Å²) < 4.78 is 23.4. The molecule has 0 bridgehead atoms. The van der Waals surface area contributed by atoms with Gasteiger partial charge in [-0.15, -0.1) is 0 Å². The molecule has 1 aromatic rings. The minimum Gasteiger partial charge on any atom is -0.336 e. The van der Waals surface area contributed by atoms with Crippen LogP contribution in [-0.2, 0) is 10.0 Å². The van der Waals surface area contributed by atoms with Crippen LogP contribution in [0.5, 0.6) is 0 Å². The fraction of sp³-hybridized carbons (Fsp3) is 0.462. The van der Waals surface area contributed by atoms with Crippen molar-refractivity contribution in [1.82, 2.24) is 4.90 Å². The first-order valence-corrected chi connectivity index (χ1v) is 8.78. The second-order valence-corrected chi connectivity index (χ2v) is 7.45. The molecule has 1 aromatic carbocycles. The summed E-state index contributed by atoms with van der Waals surface area (Å²) in [5.74, 6) is -0.158. The van der Waals surface area contributed by atoms with E-state index < -0.39 is 10.0 Å². The van der Waals surface area contributed by atoms with Gasteiger partial charge in [0.25, 0.3) is 5.91 Å². The number of amides is 1. The minimum atomic E-state index is -3.81. The van der Waals surface area contributed by atoms with E-state index in [-0.39, 0.29) is 16.8 Å². The second-order valence-electron chi connectivity index (χ2n) is 5.03. The smallest absolute Gasteiger partial charge is 0.255 e. The van der Waals surface area contributed by atoms with E-state index in [2.05, 4.69) is 15.9 Å². The fourth-order valence-corrected chi connectivity index (χ4v) is 3.36. The Labute approximate surface area is 127 Å². The number of benzene rings is 1. The lowest BCUT2D eigenvalue weighted by Gasteiger charge is -2.33. The summed E-state index contributed by atoms with van der Waals surface area (Å²) in [5.41, 5.74) is 0.338. The summed E-state index contributed by atoms with van der Waals surface area (Å²) in [4.78, 5) is 14.3. The SMILES string of the molecule is C[C@H]1CCCCN1C(=O)c1cc(S(N)(=O)=O)ccc1Br. The Bertz CT molecular complexity index is 631. The first-order chi connectivity index (χ1) is 9.30. The Kier molecular flexibility index (Phi) is 4.51. The highest BCUT2D eigenvalue weighted by molar-refractivity contribution is 9.10. The molecule has 2 N–H and O–H groups in total. The van der Waals surface area contributed by atoms with E-state index in [1.807, 2.05) is 6.92 Å². The van der Waals surface area contributed by atoms with Crippen LogP contribution in [0.2, 0.25) is 0 Å². The molecule has 0 radical (unpaired) electrons. The molecular formula is C13H17BrN2O3S. The number of hydrogen-bond donors (Lipinski definition) is 1. The van der Waals surface area contributed by atoms with Crippen molar-refractivity contribution in [2.24, 2.45) is 5.14 Å². The molecule has 20 heavy (non-hydrogen) atoms. The molecule has 5 nitrogen and oxygen atoms in total. The van der Waals surface area contributed by atoms with Crippen molar-refractivity contribution in [3.8, 4) is 0 Å². The quantitative estimate of drug-likeness (QED) is 0.876. The number of hydrogen-bond acceptors (Lipinski definition) is 3. The summed E-state index contributed by atoms with van der Waals surface area (Å²) in [6.07, 6.45) is 3.06. The van der Waals surface area contributed by atoms with Crippen LogP contribution in [0.25, 0.3) is 0 Å². The van der Waals surface area contributed by atoms with Gasteiger partial charge in [0, 0.05) is 17.1 Å². The van der Waals surface area contributed by atoms with Crippen molar-refractivity contribution >= 4 is 31.9 Å². The normalized spacial score (nSPS) is 19.9. The predicted octanol–water partition coefficient (Wildman–Crippen LogP) is 2.11. The minimum absolute atomic E-state index is 0.0475. The Morgan fingerprint density at radius 3 is 2.70 bits per heavy atom. The maximum absolute atomic E-state index is 12.6. The van der Waals surface area contributed by atoms with Crippen LogP contribution in [-0.4, -0.2) is 31.8 Å². The van der Waals surface area contributed by atoms with Crippen LogP contribution in [0.4, 0.5) is 0 Å². The van der Waals surface area contributed by atoms with Crippen LogP contribution in [0.1, 0.15) is 36.5 Å². The zero-order chi connectivity index (χ0) is 14.9. The number of carbonyl (C=O) groups excluding carboxylic acids is 1.